The van der Waals surface area contributed by atoms with Crippen molar-refractivity contribution in [3.05, 3.63) is 54.7 Å². The number of likely N-dealkylation sites (tertiary alicyclic amines) is 1. The lowest BCUT2D eigenvalue weighted by Crippen LogP contribution is -2.39. The van der Waals surface area contributed by atoms with Crippen LogP contribution in [0, 0.1) is 0 Å². The summed E-state index contributed by atoms with van der Waals surface area (Å²) in [4.78, 5) is 11.8. The van der Waals surface area contributed by atoms with E-state index >= 15 is 0 Å². The van der Waals surface area contributed by atoms with Crippen molar-refractivity contribution in [1.82, 2.24) is 25.1 Å². The van der Waals surface area contributed by atoms with Gasteiger partial charge in [0.1, 0.15) is 5.76 Å². The number of nitrogens with one attached hydrogen (secondary N) is 2. The van der Waals surface area contributed by atoms with Crippen LogP contribution in [0.4, 0.5) is 0 Å². The summed E-state index contributed by atoms with van der Waals surface area (Å²) in [5, 5.41) is 6.85. The zero-order valence-corrected chi connectivity index (χ0v) is 17.8. The molecule has 7 nitrogen and oxygen atoms in total. The number of nitrogens with zero attached hydrogens (tertiary/aromatic N) is 4. The van der Waals surface area contributed by atoms with Crippen LogP contribution in [0.2, 0.25) is 0 Å². The maximum absolute atomic E-state index is 5.71. The Bertz CT molecular complexity index is 926. The van der Waals surface area contributed by atoms with E-state index in [1.165, 1.54) is 18.4 Å². The number of rotatable bonds is 9. The molecule has 0 aliphatic carbocycles. The molecule has 4 rings (SSSR count). The van der Waals surface area contributed by atoms with E-state index < -0.39 is 0 Å². The highest BCUT2D eigenvalue weighted by Gasteiger charge is 2.25. The van der Waals surface area contributed by atoms with Crippen molar-refractivity contribution >= 4 is 17.0 Å². The molecule has 1 aromatic carbocycles. The smallest absolute Gasteiger partial charge is 0.191 e. The summed E-state index contributed by atoms with van der Waals surface area (Å²) in [7, 11) is 0. The van der Waals surface area contributed by atoms with E-state index in [9.17, 15) is 0 Å². The summed E-state index contributed by atoms with van der Waals surface area (Å²) < 4.78 is 7.92. The van der Waals surface area contributed by atoms with Gasteiger partial charge in [0.05, 0.1) is 36.2 Å². The van der Waals surface area contributed by atoms with Crippen LogP contribution < -0.4 is 10.6 Å². The average molecular weight is 409 g/mol. The molecule has 0 amide bonds. The van der Waals surface area contributed by atoms with Crippen molar-refractivity contribution in [2.24, 2.45) is 4.99 Å². The van der Waals surface area contributed by atoms with Gasteiger partial charge in [-0.15, -0.1) is 0 Å². The molecule has 0 bridgehead atoms. The Morgan fingerprint density at radius 3 is 2.83 bits per heavy atom. The summed E-state index contributed by atoms with van der Waals surface area (Å²) in [5.41, 5.74) is 2.23. The fraction of sp³-hybridized carbons (Fsp3) is 0.478. The minimum atomic E-state index is 0.204. The first kappa shape index (κ1) is 20.5. The molecule has 30 heavy (non-hydrogen) atoms. The lowest BCUT2D eigenvalue weighted by molar-refractivity contribution is 0.221. The number of hydrogen-bond donors (Lipinski definition) is 2. The van der Waals surface area contributed by atoms with Crippen molar-refractivity contribution in [1.29, 1.82) is 0 Å². The first-order valence-electron chi connectivity index (χ1n) is 11.0. The Morgan fingerprint density at radius 1 is 1.17 bits per heavy atom. The van der Waals surface area contributed by atoms with Crippen LogP contribution in [0.25, 0.3) is 11.0 Å². The number of aliphatic imine (C=N–C) groups is 1. The van der Waals surface area contributed by atoms with Crippen molar-refractivity contribution < 1.29 is 4.42 Å². The molecule has 0 spiro atoms. The minimum Gasteiger partial charge on any atom is -0.468 e. The summed E-state index contributed by atoms with van der Waals surface area (Å²) in [6, 6.07) is 12.5. The number of aryl methyl sites for hydroxylation is 1. The molecular weight excluding hydrogens is 376 g/mol. The summed E-state index contributed by atoms with van der Waals surface area (Å²) in [5.74, 6) is 1.87. The molecule has 1 atom stereocenters. The SMILES string of the molecule is CCNC(=NCC(c1ccco1)N1CCCC1)NCCCn1cnc2ccccc21. The predicted octanol–water partition coefficient (Wildman–Crippen LogP) is 3.41. The van der Waals surface area contributed by atoms with E-state index in [2.05, 4.69) is 56.3 Å². The molecule has 2 N–H and O–H groups in total. The number of imidazole rings is 1. The molecule has 1 saturated heterocycles. The zero-order valence-electron chi connectivity index (χ0n) is 17.8. The zero-order chi connectivity index (χ0) is 20.6. The Kier molecular flexibility index (Phi) is 7.03. The van der Waals surface area contributed by atoms with Crippen molar-refractivity contribution in [3.8, 4) is 0 Å². The van der Waals surface area contributed by atoms with Gasteiger partial charge in [-0.2, -0.15) is 0 Å². The van der Waals surface area contributed by atoms with Crippen LogP contribution in [0.1, 0.15) is 38.0 Å². The number of hydrogen-bond acceptors (Lipinski definition) is 4. The minimum absolute atomic E-state index is 0.204. The van der Waals surface area contributed by atoms with Crippen LogP contribution in [0.15, 0.2) is 58.4 Å². The van der Waals surface area contributed by atoms with Crippen molar-refractivity contribution in [3.63, 3.8) is 0 Å². The lowest BCUT2D eigenvalue weighted by Gasteiger charge is -2.24. The second kappa shape index (κ2) is 10.3. The summed E-state index contributed by atoms with van der Waals surface area (Å²) in [6.07, 6.45) is 7.18. The fourth-order valence-corrected chi connectivity index (χ4v) is 4.08. The van der Waals surface area contributed by atoms with Gasteiger partial charge in [-0.1, -0.05) is 12.1 Å². The van der Waals surface area contributed by atoms with E-state index in [4.69, 9.17) is 9.41 Å². The maximum Gasteiger partial charge on any atom is 0.191 e. The van der Waals surface area contributed by atoms with E-state index in [-0.39, 0.29) is 6.04 Å². The van der Waals surface area contributed by atoms with E-state index in [0.29, 0.717) is 6.54 Å². The van der Waals surface area contributed by atoms with Gasteiger partial charge >= 0.3 is 0 Å². The van der Waals surface area contributed by atoms with E-state index in [0.717, 1.165) is 56.4 Å². The van der Waals surface area contributed by atoms with Crippen LogP contribution in [0.5, 0.6) is 0 Å². The molecule has 7 heteroatoms. The first-order chi connectivity index (χ1) is 14.8. The van der Waals surface area contributed by atoms with Gasteiger partial charge in [-0.3, -0.25) is 9.89 Å². The molecule has 1 aliphatic rings. The van der Waals surface area contributed by atoms with Crippen LogP contribution in [-0.2, 0) is 6.54 Å². The molecule has 1 unspecified atom stereocenters. The number of aromatic nitrogens is 2. The first-order valence-corrected chi connectivity index (χ1v) is 11.0. The normalized spacial score (nSPS) is 16.2. The summed E-state index contributed by atoms with van der Waals surface area (Å²) in [6.45, 7) is 7.64. The molecule has 1 aliphatic heterocycles. The van der Waals surface area contributed by atoms with Gasteiger partial charge < -0.3 is 19.6 Å². The van der Waals surface area contributed by atoms with Gasteiger partial charge in [0.15, 0.2) is 5.96 Å². The third-order valence-corrected chi connectivity index (χ3v) is 5.62. The van der Waals surface area contributed by atoms with Gasteiger partial charge in [0, 0.05) is 19.6 Å². The Hall–Kier alpha value is -2.80. The van der Waals surface area contributed by atoms with Gasteiger partial charge in [-0.25, -0.2) is 4.98 Å². The molecule has 3 heterocycles. The van der Waals surface area contributed by atoms with Crippen molar-refractivity contribution in [2.75, 3.05) is 32.7 Å². The highest BCUT2D eigenvalue weighted by molar-refractivity contribution is 5.79. The maximum atomic E-state index is 5.71. The molecule has 1 fully saturated rings. The second-order valence-electron chi connectivity index (χ2n) is 7.70. The van der Waals surface area contributed by atoms with E-state index in [1.807, 2.05) is 18.5 Å². The third kappa shape index (κ3) is 5.02. The third-order valence-electron chi connectivity index (χ3n) is 5.62. The van der Waals surface area contributed by atoms with Crippen molar-refractivity contribution in [2.45, 2.75) is 38.8 Å². The highest BCUT2D eigenvalue weighted by atomic mass is 16.3. The van der Waals surface area contributed by atoms with Crippen LogP contribution >= 0.6 is 0 Å². The summed E-state index contributed by atoms with van der Waals surface area (Å²) >= 11 is 0. The van der Waals surface area contributed by atoms with Gasteiger partial charge in [0.2, 0.25) is 0 Å². The number of benzene rings is 1. The second-order valence-corrected chi connectivity index (χ2v) is 7.70. The number of guanidine groups is 1. The topological polar surface area (TPSA) is 70.6 Å². The molecule has 160 valence electrons. The lowest BCUT2D eigenvalue weighted by atomic mass is 10.2. The molecule has 0 saturated carbocycles. The van der Waals surface area contributed by atoms with Crippen LogP contribution in [-0.4, -0.2) is 53.1 Å². The number of furan rings is 1. The quantitative estimate of drug-likeness (QED) is 0.323. The number of para-hydroxylation sites is 2. The molecule has 3 aromatic rings. The highest BCUT2D eigenvalue weighted by Crippen LogP contribution is 2.25. The van der Waals surface area contributed by atoms with Crippen LogP contribution in [0.3, 0.4) is 0 Å². The Morgan fingerprint density at radius 2 is 2.03 bits per heavy atom. The van der Waals surface area contributed by atoms with E-state index in [1.54, 1.807) is 6.26 Å². The fourth-order valence-electron chi connectivity index (χ4n) is 4.08. The van der Waals surface area contributed by atoms with Gasteiger partial charge in [0.25, 0.3) is 0 Å². The Labute approximate surface area is 178 Å². The average Bonchev–Trinajstić information content (AvgIpc) is 3.54. The standard InChI is InChI=1S/C23H32N6O/c1-2-24-23(25-12-8-15-29-18-27-19-9-3-4-10-20(19)29)26-17-21(22-11-7-16-30-22)28-13-5-6-14-28/h3-4,7,9-11,16,18,21H,2,5-6,8,12-15,17H2,1H3,(H2,24,25,26). The number of fused-ring (bicyclic) bond motifs is 1. The predicted molar refractivity (Wildman–Crippen MR) is 121 cm³/mol. The molecule has 2 aromatic heterocycles. The monoisotopic (exact) mass is 408 g/mol. The molecule has 0 radical (unpaired) electrons. The molecular formula is C23H32N6O. The largest absolute Gasteiger partial charge is 0.468 e. The Balaban J connectivity index is 1.32. The van der Waals surface area contributed by atoms with Gasteiger partial charge in [-0.05, 0) is 63.5 Å².